The lowest BCUT2D eigenvalue weighted by Gasteiger charge is -2.27. The smallest absolute Gasteiger partial charge is 0.338 e. The van der Waals surface area contributed by atoms with Gasteiger partial charge in [-0.05, 0) is 62.7 Å². The Morgan fingerprint density at radius 2 is 1.90 bits per heavy atom. The summed E-state index contributed by atoms with van der Waals surface area (Å²) in [5, 5.41) is 17.2. The molecule has 0 saturated heterocycles. The zero-order chi connectivity index (χ0) is 22.1. The van der Waals surface area contributed by atoms with Gasteiger partial charge in [-0.1, -0.05) is 6.07 Å². The van der Waals surface area contributed by atoms with Crippen LogP contribution < -0.4 is 9.64 Å². The van der Waals surface area contributed by atoms with E-state index < -0.39 is 12.0 Å². The van der Waals surface area contributed by atoms with Crippen molar-refractivity contribution >= 4 is 17.6 Å². The minimum atomic E-state index is -0.463. The molecule has 1 atom stereocenters. The summed E-state index contributed by atoms with van der Waals surface area (Å²) >= 11 is 0. The van der Waals surface area contributed by atoms with Crippen molar-refractivity contribution in [1.29, 1.82) is 0 Å². The normalized spacial score (nSPS) is 15.1. The molecule has 8 heteroatoms. The Morgan fingerprint density at radius 3 is 2.58 bits per heavy atom. The number of amides is 1. The Kier molecular flexibility index (Phi) is 5.37. The third kappa shape index (κ3) is 3.50. The molecule has 0 spiro atoms. The minimum absolute atomic E-state index is 0.0319. The summed E-state index contributed by atoms with van der Waals surface area (Å²) in [6.07, 6.45) is 0. The first-order valence-electron chi connectivity index (χ1n) is 10.1. The van der Waals surface area contributed by atoms with Crippen LogP contribution >= 0.6 is 0 Å². The van der Waals surface area contributed by atoms with Gasteiger partial charge in [-0.2, -0.15) is 5.10 Å². The lowest BCUT2D eigenvalue weighted by atomic mass is 9.98. The lowest BCUT2D eigenvalue weighted by molar-refractivity contribution is 0.0526. The van der Waals surface area contributed by atoms with Crippen molar-refractivity contribution in [2.24, 2.45) is 0 Å². The number of phenols is 1. The number of hydrogen-bond donors (Lipinski definition) is 2. The molecular weight excluding hydrogens is 398 g/mol. The highest BCUT2D eigenvalue weighted by molar-refractivity contribution is 6.10. The van der Waals surface area contributed by atoms with Gasteiger partial charge < -0.3 is 14.6 Å². The zero-order valence-electron chi connectivity index (χ0n) is 17.5. The van der Waals surface area contributed by atoms with Gasteiger partial charge >= 0.3 is 5.97 Å². The molecule has 31 heavy (non-hydrogen) atoms. The fourth-order valence-electron chi connectivity index (χ4n) is 3.82. The molecule has 0 saturated carbocycles. The molecule has 1 aliphatic rings. The second kappa shape index (κ2) is 8.14. The van der Waals surface area contributed by atoms with Gasteiger partial charge in [-0.15, -0.1) is 0 Å². The highest BCUT2D eigenvalue weighted by atomic mass is 16.5. The SMILES string of the molecule is CCOC(=O)c1ccc(N2C(=O)c3n[nH]c(C)c3C2c2ccc(O)c(OCC)c2)cc1. The van der Waals surface area contributed by atoms with Gasteiger partial charge in [0.2, 0.25) is 0 Å². The number of esters is 1. The number of aryl methyl sites for hydroxylation is 1. The molecule has 0 fully saturated rings. The maximum absolute atomic E-state index is 13.3. The minimum Gasteiger partial charge on any atom is -0.504 e. The molecule has 0 radical (unpaired) electrons. The molecule has 3 aromatic rings. The van der Waals surface area contributed by atoms with Gasteiger partial charge in [-0.25, -0.2) is 4.79 Å². The number of hydrogen-bond acceptors (Lipinski definition) is 6. The number of rotatable bonds is 6. The number of H-pyrrole nitrogens is 1. The lowest BCUT2D eigenvalue weighted by Crippen LogP contribution is -2.29. The van der Waals surface area contributed by atoms with E-state index in [0.29, 0.717) is 29.3 Å². The van der Waals surface area contributed by atoms with Crippen molar-refractivity contribution in [3.8, 4) is 11.5 Å². The second-order valence-electron chi connectivity index (χ2n) is 7.12. The molecule has 0 aliphatic carbocycles. The molecule has 8 nitrogen and oxygen atoms in total. The third-order valence-electron chi connectivity index (χ3n) is 5.20. The van der Waals surface area contributed by atoms with Crippen LogP contribution in [-0.4, -0.2) is 40.4 Å². The zero-order valence-corrected chi connectivity index (χ0v) is 17.5. The van der Waals surface area contributed by atoms with E-state index in [4.69, 9.17) is 9.47 Å². The van der Waals surface area contributed by atoms with Crippen LogP contribution in [-0.2, 0) is 4.74 Å². The summed E-state index contributed by atoms with van der Waals surface area (Å²) in [5.41, 5.74) is 3.70. The summed E-state index contributed by atoms with van der Waals surface area (Å²) < 4.78 is 10.6. The fraction of sp³-hybridized carbons (Fsp3) is 0.261. The molecule has 2 aromatic carbocycles. The number of aromatic amines is 1. The number of carbonyl (C=O) groups is 2. The molecular formula is C23H23N3O5. The second-order valence-corrected chi connectivity index (χ2v) is 7.12. The topological polar surface area (TPSA) is 105 Å². The first kappa shape index (κ1) is 20.5. The molecule has 1 unspecified atom stereocenters. The van der Waals surface area contributed by atoms with Crippen LogP contribution in [0.5, 0.6) is 11.5 Å². The molecule has 1 aliphatic heterocycles. The van der Waals surface area contributed by atoms with Gasteiger partial charge in [0, 0.05) is 16.9 Å². The number of aromatic hydroxyl groups is 1. The number of ether oxygens (including phenoxy) is 2. The Hall–Kier alpha value is -3.81. The summed E-state index contributed by atoms with van der Waals surface area (Å²) in [7, 11) is 0. The van der Waals surface area contributed by atoms with E-state index in [1.165, 1.54) is 0 Å². The van der Waals surface area contributed by atoms with Crippen molar-refractivity contribution in [3.63, 3.8) is 0 Å². The van der Waals surface area contributed by atoms with Crippen LogP contribution in [0, 0.1) is 6.92 Å². The van der Waals surface area contributed by atoms with E-state index in [2.05, 4.69) is 10.2 Å². The third-order valence-corrected chi connectivity index (χ3v) is 5.20. The van der Waals surface area contributed by atoms with Crippen LogP contribution in [0.4, 0.5) is 5.69 Å². The number of aromatic nitrogens is 2. The van der Waals surface area contributed by atoms with E-state index in [0.717, 1.165) is 16.8 Å². The van der Waals surface area contributed by atoms with E-state index in [-0.39, 0.29) is 18.3 Å². The van der Waals surface area contributed by atoms with Gasteiger partial charge in [0.1, 0.15) is 0 Å². The van der Waals surface area contributed by atoms with E-state index >= 15 is 0 Å². The number of nitrogens with one attached hydrogen (secondary N) is 1. The molecule has 4 rings (SSSR count). The highest BCUT2D eigenvalue weighted by Crippen LogP contribution is 2.44. The average molecular weight is 421 g/mol. The predicted octanol–water partition coefficient (Wildman–Crippen LogP) is 3.75. The first-order valence-corrected chi connectivity index (χ1v) is 10.1. The molecule has 0 bridgehead atoms. The quantitative estimate of drug-likeness (QED) is 0.588. The number of fused-ring (bicyclic) bond motifs is 1. The average Bonchev–Trinajstić information content (AvgIpc) is 3.28. The molecule has 160 valence electrons. The summed E-state index contributed by atoms with van der Waals surface area (Å²) in [4.78, 5) is 26.9. The number of nitrogens with zero attached hydrogens (tertiary/aromatic N) is 2. The van der Waals surface area contributed by atoms with Crippen molar-refractivity contribution in [3.05, 3.63) is 70.5 Å². The van der Waals surface area contributed by atoms with E-state index in [1.54, 1.807) is 54.3 Å². The Bertz CT molecular complexity index is 1140. The fourth-order valence-corrected chi connectivity index (χ4v) is 3.82. The standard InChI is InChI=1S/C23H23N3O5/c1-4-30-18-12-15(8-11-17(18)27)21-19-13(3)24-25-20(19)22(28)26(21)16-9-6-14(7-10-16)23(29)31-5-2/h6-12,21,27H,4-5H2,1-3H3,(H,24,25). The predicted molar refractivity (Wildman–Crippen MR) is 114 cm³/mol. The first-order chi connectivity index (χ1) is 15.0. The monoisotopic (exact) mass is 421 g/mol. The molecule has 2 heterocycles. The van der Waals surface area contributed by atoms with Crippen LogP contribution in [0.25, 0.3) is 0 Å². The van der Waals surface area contributed by atoms with Crippen LogP contribution in [0.3, 0.4) is 0 Å². The van der Waals surface area contributed by atoms with Crippen LogP contribution in [0.15, 0.2) is 42.5 Å². The maximum Gasteiger partial charge on any atom is 0.338 e. The highest BCUT2D eigenvalue weighted by Gasteiger charge is 2.42. The van der Waals surface area contributed by atoms with Gasteiger partial charge in [0.05, 0.1) is 24.8 Å². The van der Waals surface area contributed by atoms with Crippen molar-refractivity contribution < 1.29 is 24.2 Å². The number of phenolic OH excluding ortho intramolecular Hbond substituents is 1. The summed E-state index contributed by atoms with van der Waals surface area (Å²) in [5.74, 6) is -0.287. The summed E-state index contributed by atoms with van der Waals surface area (Å²) in [6.45, 7) is 6.13. The van der Waals surface area contributed by atoms with Gasteiger partial charge in [0.15, 0.2) is 17.2 Å². The van der Waals surface area contributed by atoms with Crippen molar-refractivity contribution in [2.75, 3.05) is 18.1 Å². The van der Waals surface area contributed by atoms with Crippen molar-refractivity contribution in [2.45, 2.75) is 26.8 Å². The van der Waals surface area contributed by atoms with Crippen LogP contribution in [0.2, 0.25) is 0 Å². The van der Waals surface area contributed by atoms with E-state index in [1.807, 2.05) is 13.8 Å². The van der Waals surface area contributed by atoms with Gasteiger partial charge in [0.25, 0.3) is 5.91 Å². The van der Waals surface area contributed by atoms with Gasteiger partial charge in [-0.3, -0.25) is 14.8 Å². The molecule has 1 aromatic heterocycles. The molecule has 1 amide bonds. The number of anilines is 1. The summed E-state index contributed by atoms with van der Waals surface area (Å²) in [6, 6.07) is 11.3. The van der Waals surface area contributed by atoms with Crippen LogP contribution in [0.1, 0.15) is 57.6 Å². The number of benzene rings is 2. The Balaban J connectivity index is 1.79. The Morgan fingerprint density at radius 1 is 1.16 bits per heavy atom. The molecule has 2 N–H and O–H groups in total. The van der Waals surface area contributed by atoms with E-state index in [9.17, 15) is 14.7 Å². The van der Waals surface area contributed by atoms with Crippen molar-refractivity contribution in [1.82, 2.24) is 10.2 Å². The largest absolute Gasteiger partial charge is 0.504 e. The Labute approximate surface area is 179 Å². The number of carbonyl (C=O) groups excluding carboxylic acids is 2. The maximum atomic E-state index is 13.3.